The van der Waals surface area contributed by atoms with Gasteiger partial charge in [0, 0.05) is 12.6 Å². The fourth-order valence-corrected chi connectivity index (χ4v) is 1.47. The SMILES string of the molecule is COCc1cc(C(=O)NC(C)(C)C)c(OC(=O)O)cn1. The van der Waals surface area contributed by atoms with Crippen molar-refractivity contribution in [2.45, 2.75) is 32.9 Å². The number of aromatic nitrogens is 1. The third-order valence-electron chi connectivity index (χ3n) is 2.15. The van der Waals surface area contributed by atoms with Crippen molar-refractivity contribution in [2.75, 3.05) is 7.11 Å². The number of ether oxygens (including phenoxy) is 2. The van der Waals surface area contributed by atoms with Crippen molar-refractivity contribution < 1.29 is 24.2 Å². The average Bonchev–Trinajstić information content (AvgIpc) is 2.28. The van der Waals surface area contributed by atoms with Gasteiger partial charge in [-0.3, -0.25) is 9.78 Å². The Labute approximate surface area is 116 Å². The summed E-state index contributed by atoms with van der Waals surface area (Å²) < 4.78 is 9.50. The zero-order valence-electron chi connectivity index (χ0n) is 11.9. The molecule has 0 spiro atoms. The summed E-state index contributed by atoms with van der Waals surface area (Å²) in [6.07, 6.45) is -0.309. The van der Waals surface area contributed by atoms with Crippen LogP contribution in [0.15, 0.2) is 12.3 Å². The Morgan fingerprint density at radius 2 is 2.05 bits per heavy atom. The molecular formula is C13H18N2O5. The molecule has 20 heavy (non-hydrogen) atoms. The Morgan fingerprint density at radius 1 is 1.40 bits per heavy atom. The van der Waals surface area contributed by atoms with Crippen molar-refractivity contribution >= 4 is 12.1 Å². The van der Waals surface area contributed by atoms with Gasteiger partial charge in [-0.15, -0.1) is 0 Å². The Hall–Kier alpha value is -2.15. The van der Waals surface area contributed by atoms with Gasteiger partial charge in [-0.25, -0.2) is 4.79 Å². The zero-order valence-corrected chi connectivity index (χ0v) is 11.9. The molecule has 0 aromatic carbocycles. The standard InChI is InChI=1S/C13H18N2O5/c1-13(2,3)15-11(16)9-5-8(7-19-4)14-6-10(9)20-12(17)18/h5-6H,7H2,1-4H3,(H,15,16)(H,17,18). The van der Waals surface area contributed by atoms with Gasteiger partial charge >= 0.3 is 6.16 Å². The number of carbonyl (C=O) groups excluding carboxylic acids is 1. The molecular weight excluding hydrogens is 264 g/mol. The van der Waals surface area contributed by atoms with Gasteiger partial charge < -0.3 is 19.9 Å². The molecule has 0 bridgehead atoms. The van der Waals surface area contributed by atoms with Gasteiger partial charge in [0.2, 0.25) is 0 Å². The summed E-state index contributed by atoms with van der Waals surface area (Å²) >= 11 is 0. The first-order chi connectivity index (χ1) is 9.23. The van der Waals surface area contributed by atoms with Crippen LogP contribution in [-0.4, -0.2) is 34.8 Å². The number of nitrogens with zero attached hydrogens (tertiary/aromatic N) is 1. The van der Waals surface area contributed by atoms with Crippen LogP contribution in [-0.2, 0) is 11.3 Å². The highest BCUT2D eigenvalue weighted by molar-refractivity contribution is 5.97. The van der Waals surface area contributed by atoms with E-state index in [9.17, 15) is 9.59 Å². The van der Waals surface area contributed by atoms with Crippen LogP contribution in [0.1, 0.15) is 36.8 Å². The van der Waals surface area contributed by atoms with Crippen molar-refractivity contribution in [1.82, 2.24) is 10.3 Å². The minimum atomic E-state index is -1.50. The summed E-state index contributed by atoms with van der Waals surface area (Å²) in [5.41, 5.74) is 0.149. The van der Waals surface area contributed by atoms with Crippen LogP contribution in [0.4, 0.5) is 4.79 Å². The number of pyridine rings is 1. The highest BCUT2D eigenvalue weighted by atomic mass is 16.7. The molecule has 0 aliphatic heterocycles. The van der Waals surface area contributed by atoms with E-state index in [1.165, 1.54) is 19.4 Å². The second kappa shape index (κ2) is 6.33. The normalized spacial score (nSPS) is 11.0. The predicted molar refractivity (Wildman–Crippen MR) is 70.8 cm³/mol. The van der Waals surface area contributed by atoms with Crippen molar-refractivity contribution in [3.05, 3.63) is 23.5 Å². The molecule has 0 fully saturated rings. The molecule has 0 aliphatic rings. The summed E-state index contributed by atoms with van der Waals surface area (Å²) in [5, 5.41) is 11.4. The van der Waals surface area contributed by atoms with Crippen molar-refractivity contribution in [1.29, 1.82) is 0 Å². The maximum absolute atomic E-state index is 12.2. The Balaban J connectivity index is 3.13. The molecule has 7 nitrogen and oxygen atoms in total. The lowest BCUT2D eigenvalue weighted by Gasteiger charge is -2.21. The van der Waals surface area contributed by atoms with Gasteiger partial charge in [0.15, 0.2) is 5.75 Å². The molecule has 0 unspecified atom stereocenters. The second-order valence-electron chi connectivity index (χ2n) is 5.18. The maximum Gasteiger partial charge on any atom is 0.511 e. The van der Waals surface area contributed by atoms with Crippen molar-refractivity contribution in [3.63, 3.8) is 0 Å². The number of rotatable bonds is 4. The van der Waals surface area contributed by atoms with Crippen LogP contribution in [0.5, 0.6) is 5.75 Å². The fraction of sp³-hybridized carbons (Fsp3) is 0.462. The van der Waals surface area contributed by atoms with Crippen LogP contribution in [0, 0.1) is 0 Å². The molecule has 0 aliphatic carbocycles. The van der Waals surface area contributed by atoms with E-state index in [0.717, 1.165) is 0 Å². The van der Waals surface area contributed by atoms with E-state index >= 15 is 0 Å². The summed E-state index contributed by atoms with van der Waals surface area (Å²) in [4.78, 5) is 26.8. The topological polar surface area (TPSA) is 97.8 Å². The van der Waals surface area contributed by atoms with Crippen LogP contribution in [0.2, 0.25) is 0 Å². The minimum Gasteiger partial charge on any atom is -0.449 e. The van der Waals surface area contributed by atoms with Crippen molar-refractivity contribution in [2.24, 2.45) is 0 Å². The van der Waals surface area contributed by atoms with Crippen LogP contribution >= 0.6 is 0 Å². The average molecular weight is 282 g/mol. The third kappa shape index (κ3) is 4.85. The highest BCUT2D eigenvalue weighted by Crippen LogP contribution is 2.20. The van der Waals surface area contributed by atoms with E-state index in [-0.39, 0.29) is 17.9 Å². The Bertz CT molecular complexity index is 508. The second-order valence-corrected chi connectivity index (χ2v) is 5.18. The molecule has 2 N–H and O–H groups in total. The first kappa shape index (κ1) is 15.9. The number of carbonyl (C=O) groups is 2. The smallest absolute Gasteiger partial charge is 0.449 e. The van der Waals surface area contributed by atoms with Gasteiger partial charge in [-0.2, -0.15) is 0 Å². The first-order valence-corrected chi connectivity index (χ1v) is 5.94. The lowest BCUT2D eigenvalue weighted by molar-refractivity contribution is 0.0915. The number of methoxy groups -OCH3 is 1. The minimum absolute atomic E-state index is 0.101. The maximum atomic E-state index is 12.2. The fourth-order valence-electron chi connectivity index (χ4n) is 1.47. The molecule has 1 heterocycles. The number of nitrogens with one attached hydrogen (secondary N) is 1. The van der Waals surface area contributed by atoms with E-state index in [4.69, 9.17) is 9.84 Å². The van der Waals surface area contributed by atoms with Gasteiger partial charge in [0.05, 0.1) is 24.1 Å². The highest BCUT2D eigenvalue weighted by Gasteiger charge is 2.21. The lowest BCUT2D eigenvalue weighted by atomic mass is 10.1. The molecule has 7 heteroatoms. The molecule has 0 saturated heterocycles. The largest absolute Gasteiger partial charge is 0.511 e. The molecule has 1 rings (SSSR count). The molecule has 0 radical (unpaired) electrons. The van der Waals surface area contributed by atoms with E-state index < -0.39 is 17.6 Å². The van der Waals surface area contributed by atoms with Crippen LogP contribution in [0.3, 0.4) is 0 Å². The van der Waals surface area contributed by atoms with E-state index in [0.29, 0.717) is 5.69 Å². The summed E-state index contributed by atoms with van der Waals surface area (Å²) in [6, 6.07) is 1.45. The number of hydrogen-bond acceptors (Lipinski definition) is 5. The van der Waals surface area contributed by atoms with Gasteiger partial charge in [-0.1, -0.05) is 0 Å². The Kier molecular flexibility index (Phi) is 5.04. The molecule has 1 aromatic heterocycles. The summed E-state index contributed by atoms with van der Waals surface area (Å²) in [7, 11) is 1.50. The van der Waals surface area contributed by atoms with Gasteiger partial charge in [0.1, 0.15) is 0 Å². The predicted octanol–water partition coefficient (Wildman–Crippen LogP) is 1.81. The molecule has 110 valence electrons. The third-order valence-corrected chi connectivity index (χ3v) is 2.15. The molecule has 0 atom stereocenters. The summed E-state index contributed by atoms with van der Waals surface area (Å²) in [5.74, 6) is -0.549. The van der Waals surface area contributed by atoms with Gasteiger partial charge in [-0.05, 0) is 26.8 Å². The lowest BCUT2D eigenvalue weighted by Crippen LogP contribution is -2.40. The number of carboxylic acid groups (broad SMARTS) is 1. The zero-order chi connectivity index (χ0) is 15.3. The first-order valence-electron chi connectivity index (χ1n) is 5.94. The Morgan fingerprint density at radius 3 is 2.55 bits per heavy atom. The van der Waals surface area contributed by atoms with Crippen molar-refractivity contribution in [3.8, 4) is 5.75 Å². The monoisotopic (exact) mass is 282 g/mol. The van der Waals surface area contributed by atoms with E-state index in [1.807, 2.05) is 20.8 Å². The van der Waals surface area contributed by atoms with E-state index in [2.05, 4.69) is 15.0 Å². The summed E-state index contributed by atoms with van der Waals surface area (Å²) in [6.45, 7) is 5.67. The van der Waals surface area contributed by atoms with E-state index in [1.54, 1.807) is 0 Å². The number of hydrogen-bond donors (Lipinski definition) is 2. The van der Waals surface area contributed by atoms with Gasteiger partial charge in [0.25, 0.3) is 5.91 Å². The van der Waals surface area contributed by atoms with Crippen LogP contribution in [0.25, 0.3) is 0 Å². The molecule has 1 aromatic rings. The number of amides is 1. The molecule has 0 saturated carbocycles. The quantitative estimate of drug-likeness (QED) is 0.817. The molecule has 1 amide bonds. The van der Waals surface area contributed by atoms with Crippen LogP contribution < -0.4 is 10.1 Å².